The summed E-state index contributed by atoms with van der Waals surface area (Å²) in [5, 5.41) is 1.44. The Balaban J connectivity index is 1.94. The lowest BCUT2D eigenvalue weighted by Gasteiger charge is -1.90. The van der Waals surface area contributed by atoms with Gasteiger partial charge in [-0.15, -0.1) is 0 Å². The Hall–Kier alpha value is -2.21. The highest BCUT2D eigenvalue weighted by molar-refractivity contribution is 7.62. The molecular weight excluding hydrogens is 312 g/mol. The summed E-state index contributed by atoms with van der Waals surface area (Å²) in [7, 11) is -3.54. The number of aromatic nitrogens is 1. The van der Waals surface area contributed by atoms with Crippen LogP contribution >= 0.6 is 15.6 Å². The van der Waals surface area contributed by atoms with Crippen molar-refractivity contribution >= 4 is 37.1 Å². The molecule has 0 saturated heterocycles. The minimum Gasteiger partial charge on any atom is -0.158 e. The molecule has 0 N–H and O–H groups in total. The normalized spacial score (nSPS) is 11.8. The molecule has 2 atom stereocenters. The number of pyridine rings is 1. The Morgan fingerprint density at radius 1 is 0.545 bits per heavy atom. The first-order valence-corrected chi connectivity index (χ1v) is 9.29. The molecule has 3 nitrogen and oxygen atoms in total. The number of hydrogen-bond acceptors (Lipinski definition) is 3. The van der Waals surface area contributed by atoms with Gasteiger partial charge in [-0.25, -0.2) is 0 Å². The number of rotatable bonds is 4. The van der Waals surface area contributed by atoms with Crippen LogP contribution in [0, 0.1) is 0 Å². The Morgan fingerprint density at radius 3 is 1.36 bits per heavy atom. The van der Waals surface area contributed by atoms with Crippen molar-refractivity contribution in [3.8, 4) is 0 Å². The fraction of sp³-hybridized carbons (Fsp3) is 0. The SMILES string of the molecule is O=[P+](c1ccccc1)c1cccc([P+](=O)c2ccccc2)n1. The zero-order valence-electron chi connectivity index (χ0n) is 11.7. The molecule has 3 rings (SSSR count). The van der Waals surface area contributed by atoms with Gasteiger partial charge in [-0.1, -0.05) is 45.5 Å². The summed E-state index contributed by atoms with van der Waals surface area (Å²) in [6.45, 7) is 0. The fourth-order valence-electron chi connectivity index (χ4n) is 2.03. The van der Waals surface area contributed by atoms with Crippen LogP contribution in [0.2, 0.25) is 0 Å². The number of hydrogen-bond donors (Lipinski definition) is 0. The lowest BCUT2D eigenvalue weighted by atomic mass is 10.4. The van der Waals surface area contributed by atoms with Gasteiger partial charge >= 0.3 is 15.6 Å². The average molecular weight is 325 g/mol. The van der Waals surface area contributed by atoms with Gasteiger partial charge in [0.25, 0.3) is 10.9 Å². The molecule has 0 aliphatic carbocycles. The van der Waals surface area contributed by atoms with Gasteiger partial charge in [-0.05, 0) is 30.3 Å². The summed E-state index contributed by atoms with van der Waals surface area (Å²) < 4.78 is 25.1. The van der Waals surface area contributed by atoms with Crippen LogP contribution in [0.25, 0.3) is 0 Å². The molecule has 3 aromatic rings. The maximum absolute atomic E-state index is 12.5. The molecule has 0 fully saturated rings. The summed E-state index contributed by atoms with van der Waals surface area (Å²) in [4.78, 5) is 4.36. The summed E-state index contributed by atoms with van der Waals surface area (Å²) in [6, 6.07) is 23.5. The van der Waals surface area contributed by atoms with Gasteiger partial charge in [0.05, 0.1) is 0 Å². The van der Waals surface area contributed by atoms with Crippen LogP contribution < -0.4 is 21.5 Å². The molecule has 0 bridgehead atoms. The van der Waals surface area contributed by atoms with Crippen LogP contribution in [-0.4, -0.2) is 4.98 Å². The van der Waals surface area contributed by atoms with E-state index in [0.717, 1.165) is 10.6 Å². The second-order valence-electron chi connectivity index (χ2n) is 4.61. The lowest BCUT2D eigenvalue weighted by Crippen LogP contribution is -2.19. The molecule has 1 heterocycles. The minimum absolute atomic E-state index is 0.456. The predicted molar refractivity (Wildman–Crippen MR) is 90.9 cm³/mol. The molecule has 0 saturated carbocycles. The van der Waals surface area contributed by atoms with Gasteiger partial charge in [-0.3, -0.25) is 0 Å². The second-order valence-corrected chi connectivity index (χ2v) is 7.74. The zero-order valence-corrected chi connectivity index (χ0v) is 13.5. The second kappa shape index (κ2) is 6.70. The summed E-state index contributed by atoms with van der Waals surface area (Å²) >= 11 is 0. The summed E-state index contributed by atoms with van der Waals surface area (Å²) in [5.74, 6) is 0. The third kappa shape index (κ3) is 3.17. The van der Waals surface area contributed by atoms with E-state index in [1.165, 1.54) is 0 Å². The van der Waals surface area contributed by atoms with Gasteiger partial charge in [0.1, 0.15) is 0 Å². The van der Waals surface area contributed by atoms with E-state index >= 15 is 0 Å². The molecule has 0 spiro atoms. The maximum Gasteiger partial charge on any atom is 0.435 e. The highest BCUT2D eigenvalue weighted by Gasteiger charge is 2.31. The first-order chi connectivity index (χ1) is 10.8. The van der Waals surface area contributed by atoms with Crippen molar-refractivity contribution in [2.45, 2.75) is 0 Å². The molecular formula is C17H13NO2P2+2. The highest BCUT2D eigenvalue weighted by Crippen LogP contribution is 2.20. The van der Waals surface area contributed by atoms with E-state index in [1.54, 1.807) is 18.2 Å². The van der Waals surface area contributed by atoms with E-state index < -0.39 is 15.6 Å². The third-order valence-corrected chi connectivity index (χ3v) is 5.98. The Kier molecular flexibility index (Phi) is 4.48. The Labute approximate surface area is 130 Å². The van der Waals surface area contributed by atoms with Crippen molar-refractivity contribution in [2.75, 3.05) is 0 Å². The van der Waals surface area contributed by atoms with Crippen LogP contribution in [0.5, 0.6) is 0 Å². The molecule has 0 aliphatic rings. The van der Waals surface area contributed by atoms with Crippen LogP contribution in [0.3, 0.4) is 0 Å². The Bertz CT molecular complexity index is 754. The molecule has 5 heteroatoms. The number of benzene rings is 2. The maximum atomic E-state index is 12.5. The molecule has 106 valence electrons. The molecule has 2 unspecified atom stereocenters. The fourth-order valence-corrected chi connectivity index (χ4v) is 4.36. The van der Waals surface area contributed by atoms with E-state index in [-0.39, 0.29) is 0 Å². The highest BCUT2D eigenvalue weighted by atomic mass is 31.1. The first kappa shape index (κ1) is 14.7. The van der Waals surface area contributed by atoms with Gasteiger partial charge in [0.15, 0.2) is 10.6 Å². The van der Waals surface area contributed by atoms with E-state index in [9.17, 15) is 9.13 Å². The average Bonchev–Trinajstić information content (AvgIpc) is 2.62. The van der Waals surface area contributed by atoms with Crippen molar-refractivity contribution in [3.63, 3.8) is 0 Å². The van der Waals surface area contributed by atoms with E-state index in [2.05, 4.69) is 4.98 Å². The lowest BCUT2D eigenvalue weighted by molar-refractivity contribution is 0.597. The van der Waals surface area contributed by atoms with E-state index in [1.807, 2.05) is 60.7 Å². The van der Waals surface area contributed by atoms with Crippen molar-refractivity contribution < 1.29 is 9.13 Å². The van der Waals surface area contributed by atoms with Gasteiger partial charge in [0, 0.05) is 12.1 Å². The van der Waals surface area contributed by atoms with Crippen molar-refractivity contribution in [2.24, 2.45) is 0 Å². The van der Waals surface area contributed by atoms with Crippen molar-refractivity contribution in [1.29, 1.82) is 0 Å². The summed E-state index contributed by atoms with van der Waals surface area (Å²) in [6.07, 6.45) is 0. The summed E-state index contributed by atoms with van der Waals surface area (Å²) in [5.41, 5.74) is 0.913. The quantitative estimate of drug-likeness (QED) is 0.693. The standard InChI is InChI=1S/C17H13NO2P2/c19-21(14-8-3-1-4-9-14)16-12-7-13-17(18-16)22(20)15-10-5-2-6-11-15/h1-13H/q+2. The monoisotopic (exact) mass is 325 g/mol. The number of nitrogens with zero attached hydrogens (tertiary/aromatic N) is 1. The topological polar surface area (TPSA) is 47.0 Å². The van der Waals surface area contributed by atoms with E-state index in [4.69, 9.17) is 0 Å². The minimum atomic E-state index is -1.77. The van der Waals surface area contributed by atoms with Gasteiger partial charge in [0.2, 0.25) is 0 Å². The molecule has 2 aromatic carbocycles. The van der Waals surface area contributed by atoms with Gasteiger partial charge in [-0.2, -0.15) is 4.98 Å². The van der Waals surface area contributed by atoms with E-state index in [0.29, 0.717) is 10.9 Å². The largest absolute Gasteiger partial charge is 0.435 e. The van der Waals surface area contributed by atoms with Crippen molar-refractivity contribution in [1.82, 2.24) is 4.98 Å². The molecule has 0 amide bonds. The zero-order chi connectivity index (χ0) is 15.4. The van der Waals surface area contributed by atoms with Crippen LogP contribution in [0.1, 0.15) is 0 Å². The molecule has 0 aliphatic heterocycles. The van der Waals surface area contributed by atoms with Crippen LogP contribution in [0.4, 0.5) is 0 Å². The molecule has 22 heavy (non-hydrogen) atoms. The molecule has 0 radical (unpaired) electrons. The van der Waals surface area contributed by atoms with Gasteiger partial charge < -0.3 is 0 Å². The van der Waals surface area contributed by atoms with Crippen molar-refractivity contribution in [3.05, 3.63) is 78.9 Å². The van der Waals surface area contributed by atoms with Crippen LogP contribution in [-0.2, 0) is 9.13 Å². The third-order valence-electron chi connectivity index (χ3n) is 3.12. The first-order valence-electron chi connectivity index (χ1n) is 6.77. The Morgan fingerprint density at radius 2 is 0.955 bits per heavy atom. The predicted octanol–water partition coefficient (Wildman–Crippen LogP) is 2.64. The van der Waals surface area contributed by atoms with Crippen LogP contribution in [0.15, 0.2) is 78.9 Å². The smallest absolute Gasteiger partial charge is 0.158 e. The molecule has 1 aromatic heterocycles.